The van der Waals surface area contributed by atoms with Gasteiger partial charge in [0.1, 0.15) is 18.1 Å². The maximum Gasteiger partial charge on any atom is 0.224 e. The van der Waals surface area contributed by atoms with E-state index in [0.717, 1.165) is 6.08 Å². The normalized spacial score (nSPS) is 20.2. The van der Waals surface area contributed by atoms with Crippen molar-refractivity contribution in [1.82, 2.24) is 0 Å². The molecule has 5 nitrogen and oxygen atoms in total. The first-order chi connectivity index (χ1) is 7.11. The van der Waals surface area contributed by atoms with Crippen molar-refractivity contribution in [2.24, 2.45) is 4.99 Å². The standard InChI is InChI=1S/C10H9NO4/c1-5(12)8-9-7(15-3-2-11-9)4-6(13)10(8)14/h4,14H,2-3H2,1H3. The van der Waals surface area contributed by atoms with Gasteiger partial charge in [0.05, 0.1) is 12.1 Å². The van der Waals surface area contributed by atoms with E-state index in [2.05, 4.69) is 4.99 Å². The van der Waals surface area contributed by atoms with Crippen LogP contribution in [0.1, 0.15) is 6.92 Å². The van der Waals surface area contributed by atoms with Crippen LogP contribution in [0.3, 0.4) is 0 Å². The van der Waals surface area contributed by atoms with Crippen LogP contribution in [0.4, 0.5) is 0 Å². The molecule has 0 aromatic carbocycles. The van der Waals surface area contributed by atoms with Crippen molar-refractivity contribution in [2.75, 3.05) is 13.2 Å². The number of hydrogen-bond acceptors (Lipinski definition) is 5. The minimum absolute atomic E-state index is 0.0443. The highest BCUT2D eigenvalue weighted by molar-refractivity contribution is 6.34. The smallest absolute Gasteiger partial charge is 0.224 e. The molecule has 0 saturated carbocycles. The Kier molecular flexibility index (Phi) is 2.15. The van der Waals surface area contributed by atoms with Crippen LogP contribution >= 0.6 is 0 Å². The predicted octanol–water partition coefficient (Wildman–Crippen LogP) is 0.325. The third-order valence-corrected chi connectivity index (χ3v) is 2.17. The summed E-state index contributed by atoms with van der Waals surface area (Å²) in [5, 5.41) is 9.48. The Bertz CT molecular complexity index is 442. The monoisotopic (exact) mass is 207 g/mol. The number of carbonyl (C=O) groups excluding carboxylic acids is 2. The summed E-state index contributed by atoms with van der Waals surface area (Å²) in [4.78, 5) is 26.6. The quantitative estimate of drug-likeness (QED) is 0.628. The lowest BCUT2D eigenvalue weighted by Crippen LogP contribution is -2.28. The lowest BCUT2D eigenvalue weighted by molar-refractivity contribution is -0.116. The zero-order chi connectivity index (χ0) is 11.0. The minimum Gasteiger partial charge on any atom is -0.504 e. The molecule has 0 fully saturated rings. The van der Waals surface area contributed by atoms with E-state index >= 15 is 0 Å². The fourth-order valence-electron chi connectivity index (χ4n) is 1.53. The second kappa shape index (κ2) is 3.34. The highest BCUT2D eigenvalue weighted by Gasteiger charge is 2.31. The number of aliphatic hydroxyl groups is 1. The van der Waals surface area contributed by atoms with Gasteiger partial charge in [-0.25, -0.2) is 0 Å². The molecule has 1 heterocycles. The Balaban J connectivity index is 2.58. The second-order valence-electron chi connectivity index (χ2n) is 3.23. The molecule has 0 saturated heterocycles. The number of allylic oxidation sites excluding steroid dienone is 2. The summed E-state index contributed by atoms with van der Waals surface area (Å²) in [5.74, 6) is -1.28. The van der Waals surface area contributed by atoms with Crippen LogP contribution in [0.25, 0.3) is 0 Å². The Labute approximate surface area is 85.8 Å². The molecule has 0 amide bonds. The molecular formula is C10H9NO4. The van der Waals surface area contributed by atoms with E-state index in [1.165, 1.54) is 6.92 Å². The average Bonchev–Trinajstić information content (AvgIpc) is 2.19. The number of aliphatic imine (C=N–C) groups is 1. The van der Waals surface area contributed by atoms with Crippen LogP contribution in [0.5, 0.6) is 0 Å². The lowest BCUT2D eigenvalue weighted by Gasteiger charge is -2.21. The number of ether oxygens (including phenoxy) is 1. The van der Waals surface area contributed by atoms with Gasteiger partial charge in [-0.2, -0.15) is 0 Å². The van der Waals surface area contributed by atoms with Gasteiger partial charge < -0.3 is 9.84 Å². The first-order valence-electron chi connectivity index (χ1n) is 4.49. The average molecular weight is 207 g/mol. The van der Waals surface area contributed by atoms with Gasteiger partial charge in [-0.1, -0.05) is 0 Å². The largest absolute Gasteiger partial charge is 0.504 e. The van der Waals surface area contributed by atoms with Gasteiger partial charge in [-0.15, -0.1) is 0 Å². The number of rotatable bonds is 1. The molecule has 0 atom stereocenters. The SMILES string of the molecule is CC(=O)C1=C(O)C(=O)C=C2OCCN=C21. The number of Topliss-reactive ketones (excluding diaryl/α,β-unsaturated/α-hetero) is 1. The van der Waals surface area contributed by atoms with E-state index < -0.39 is 17.3 Å². The minimum atomic E-state index is -0.615. The molecule has 0 spiro atoms. The van der Waals surface area contributed by atoms with E-state index in [0.29, 0.717) is 13.2 Å². The van der Waals surface area contributed by atoms with Crippen LogP contribution in [-0.4, -0.2) is 35.5 Å². The van der Waals surface area contributed by atoms with E-state index in [1.807, 2.05) is 0 Å². The number of ketones is 2. The summed E-state index contributed by atoms with van der Waals surface area (Å²) in [6.45, 7) is 2.08. The number of fused-ring (bicyclic) bond motifs is 1. The van der Waals surface area contributed by atoms with Gasteiger partial charge >= 0.3 is 0 Å². The number of hydrogen-bond donors (Lipinski definition) is 1. The molecule has 0 radical (unpaired) electrons. The van der Waals surface area contributed by atoms with Crippen LogP contribution in [0.2, 0.25) is 0 Å². The van der Waals surface area contributed by atoms with Gasteiger partial charge in [0, 0.05) is 6.08 Å². The lowest BCUT2D eigenvalue weighted by atomic mass is 9.95. The molecule has 1 aliphatic carbocycles. The molecule has 5 heteroatoms. The molecule has 0 aromatic rings. The van der Waals surface area contributed by atoms with Crippen LogP contribution in [0.15, 0.2) is 28.2 Å². The molecule has 2 aliphatic rings. The van der Waals surface area contributed by atoms with E-state index in [1.54, 1.807) is 0 Å². The molecule has 0 unspecified atom stereocenters. The molecular weight excluding hydrogens is 198 g/mol. The van der Waals surface area contributed by atoms with Crippen LogP contribution < -0.4 is 0 Å². The number of nitrogens with zero attached hydrogens (tertiary/aromatic N) is 1. The fraction of sp³-hybridized carbons (Fsp3) is 0.300. The van der Waals surface area contributed by atoms with Crippen LogP contribution in [0, 0.1) is 0 Å². The van der Waals surface area contributed by atoms with Crippen molar-refractivity contribution in [1.29, 1.82) is 0 Å². The Morgan fingerprint density at radius 3 is 3.00 bits per heavy atom. The third-order valence-electron chi connectivity index (χ3n) is 2.17. The molecule has 0 aromatic heterocycles. The third kappa shape index (κ3) is 1.45. The van der Waals surface area contributed by atoms with Gasteiger partial charge in [-0.05, 0) is 6.92 Å². The summed E-state index contributed by atoms with van der Waals surface area (Å²) in [6.07, 6.45) is 1.15. The fourth-order valence-corrected chi connectivity index (χ4v) is 1.53. The summed E-state index contributed by atoms with van der Waals surface area (Å²) < 4.78 is 5.19. The highest BCUT2D eigenvalue weighted by Crippen LogP contribution is 2.22. The molecule has 0 bridgehead atoms. The predicted molar refractivity (Wildman–Crippen MR) is 51.7 cm³/mol. The maximum absolute atomic E-state index is 11.3. The van der Waals surface area contributed by atoms with Crippen molar-refractivity contribution >= 4 is 17.3 Å². The van der Waals surface area contributed by atoms with Gasteiger partial charge in [0.25, 0.3) is 0 Å². The zero-order valence-corrected chi connectivity index (χ0v) is 8.11. The van der Waals surface area contributed by atoms with Gasteiger partial charge in [-0.3, -0.25) is 14.6 Å². The van der Waals surface area contributed by atoms with E-state index in [4.69, 9.17) is 4.74 Å². The molecule has 15 heavy (non-hydrogen) atoms. The molecule has 78 valence electrons. The van der Waals surface area contributed by atoms with E-state index in [9.17, 15) is 14.7 Å². The first-order valence-corrected chi connectivity index (χ1v) is 4.49. The highest BCUT2D eigenvalue weighted by atomic mass is 16.5. The van der Waals surface area contributed by atoms with Crippen molar-refractivity contribution in [3.63, 3.8) is 0 Å². The van der Waals surface area contributed by atoms with Gasteiger partial charge in [0.2, 0.25) is 5.78 Å². The summed E-state index contributed by atoms with van der Waals surface area (Å²) in [7, 11) is 0. The van der Waals surface area contributed by atoms with E-state index in [-0.39, 0.29) is 17.0 Å². The Morgan fingerprint density at radius 1 is 1.60 bits per heavy atom. The van der Waals surface area contributed by atoms with Gasteiger partial charge in [0.15, 0.2) is 11.5 Å². The van der Waals surface area contributed by atoms with Crippen molar-refractivity contribution in [3.05, 3.63) is 23.2 Å². The molecule has 2 rings (SSSR count). The summed E-state index contributed by atoms with van der Waals surface area (Å²) in [6, 6.07) is 0. The van der Waals surface area contributed by atoms with Crippen molar-refractivity contribution in [3.8, 4) is 0 Å². The Hall–Kier alpha value is -1.91. The summed E-state index contributed by atoms with van der Waals surface area (Å²) in [5.41, 5.74) is 0.239. The van der Waals surface area contributed by atoms with Crippen molar-refractivity contribution < 1.29 is 19.4 Å². The van der Waals surface area contributed by atoms with Crippen LogP contribution in [-0.2, 0) is 14.3 Å². The summed E-state index contributed by atoms with van der Waals surface area (Å²) >= 11 is 0. The maximum atomic E-state index is 11.3. The zero-order valence-electron chi connectivity index (χ0n) is 8.11. The Morgan fingerprint density at radius 2 is 2.33 bits per heavy atom. The molecule has 1 aliphatic heterocycles. The number of carbonyl (C=O) groups is 2. The van der Waals surface area contributed by atoms with Crippen molar-refractivity contribution in [2.45, 2.75) is 6.92 Å². The first kappa shape index (κ1) is 9.64. The number of aliphatic hydroxyl groups excluding tert-OH is 1. The molecule has 1 N–H and O–H groups in total. The second-order valence-corrected chi connectivity index (χ2v) is 3.23. The topological polar surface area (TPSA) is 76.0 Å².